The summed E-state index contributed by atoms with van der Waals surface area (Å²) in [7, 11) is 0. The van der Waals surface area contributed by atoms with Gasteiger partial charge < -0.3 is 5.32 Å². The van der Waals surface area contributed by atoms with Gasteiger partial charge in [0, 0.05) is 22.8 Å². The van der Waals surface area contributed by atoms with Crippen LogP contribution in [0.3, 0.4) is 0 Å². The lowest BCUT2D eigenvalue weighted by atomic mass is 10.1. The molecule has 2 aromatic carbocycles. The fraction of sp³-hybridized carbons (Fsp3) is 0.100. The number of hydrogen-bond donors (Lipinski definition) is 1. The molecule has 24 heavy (non-hydrogen) atoms. The molecule has 3 nitrogen and oxygen atoms in total. The first-order valence-corrected chi connectivity index (χ1v) is 8.72. The number of rotatable bonds is 4. The fourth-order valence-electron chi connectivity index (χ4n) is 2.86. The number of hydrogen-bond acceptors (Lipinski definition) is 3. The van der Waals surface area contributed by atoms with E-state index in [1.807, 2.05) is 48.7 Å². The number of nitrogens with one attached hydrogen (secondary N) is 1. The number of thiophene rings is 1. The molecule has 0 spiro atoms. The van der Waals surface area contributed by atoms with Crippen LogP contribution in [0.4, 0.5) is 0 Å². The Kier molecular flexibility index (Phi) is 3.97. The van der Waals surface area contributed by atoms with Crippen molar-refractivity contribution in [2.75, 3.05) is 6.54 Å². The predicted molar refractivity (Wildman–Crippen MR) is 99.6 cm³/mol. The Balaban J connectivity index is 1.45. The van der Waals surface area contributed by atoms with Gasteiger partial charge >= 0.3 is 0 Å². The van der Waals surface area contributed by atoms with E-state index < -0.39 is 0 Å². The highest BCUT2D eigenvalue weighted by Gasteiger charge is 2.10. The van der Waals surface area contributed by atoms with Gasteiger partial charge in [0.2, 0.25) is 0 Å². The molecule has 0 aliphatic carbocycles. The van der Waals surface area contributed by atoms with E-state index in [0.717, 1.165) is 37.9 Å². The monoisotopic (exact) mass is 332 g/mol. The number of benzene rings is 2. The van der Waals surface area contributed by atoms with Crippen LogP contribution in [-0.2, 0) is 6.42 Å². The highest BCUT2D eigenvalue weighted by molar-refractivity contribution is 7.20. The number of carbonyl (C=O) groups is 1. The molecule has 0 unspecified atom stereocenters. The second kappa shape index (κ2) is 6.42. The van der Waals surface area contributed by atoms with Crippen LogP contribution in [0.1, 0.15) is 15.2 Å². The largest absolute Gasteiger partial charge is 0.351 e. The van der Waals surface area contributed by atoms with Crippen LogP contribution in [0.5, 0.6) is 0 Å². The average Bonchev–Trinajstić information content (AvgIpc) is 3.06. The van der Waals surface area contributed by atoms with Crippen molar-refractivity contribution < 1.29 is 4.79 Å². The molecule has 0 aliphatic heterocycles. The minimum absolute atomic E-state index is 0.00982. The maximum Gasteiger partial charge on any atom is 0.261 e. The summed E-state index contributed by atoms with van der Waals surface area (Å²) in [5, 5.41) is 5.26. The molecule has 0 atom stereocenters. The summed E-state index contributed by atoms with van der Waals surface area (Å²) in [4.78, 5) is 17.6. The smallest absolute Gasteiger partial charge is 0.261 e. The van der Waals surface area contributed by atoms with Crippen molar-refractivity contribution in [3.63, 3.8) is 0 Å². The molecule has 0 saturated heterocycles. The van der Waals surface area contributed by atoms with Crippen molar-refractivity contribution in [2.24, 2.45) is 0 Å². The van der Waals surface area contributed by atoms with Gasteiger partial charge in [0.15, 0.2) is 0 Å². The molecule has 0 fully saturated rings. The van der Waals surface area contributed by atoms with Gasteiger partial charge in [-0.3, -0.25) is 9.78 Å². The highest BCUT2D eigenvalue weighted by Crippen LogP contribution is 2.25. The zero-order valence-corrected chi connectivity index (χ0v) is 13.8. The molecule has 118 valence electrons. The van der Waals surface area contributed by atoms with Crippen LogP contribution in [-0.4, -0.2) is 17.4 Å². The Morgan fingerprint density at radius 1 is 1.00 bits per heavy atom. The first-order chi connectivity index (χ1) is 11.8. The molecule has 2 heterocycles. The lowest BCUT2D eigenvalue weighted by Crippen LogP contribution is -2.24. The number of amides is 1. The molecular formula is C20H16N2OS. The SMILES string of the molecule is O=C(NCCc1cccc2cccnc12)c1cc2ccccc2s1. The van der Waals surface area contributed by atoms with E-state index in [1.54, 1.807) is 0 Å². The Hall–Kier alpha value is -2.72. The van der Waals surface area contributed by atoms with E-state index in [1.165, 1.54) is 11.3 Å². The van der Waals surface area contributed by atoms with Gasteiger partial charge in [-0.1, -0.05) is 42.5 Å². The zero-order chi connectivity index (χ0) is 16.4. The molecule has 0 aliphatic rings. The number of para-hydroxylation sites is 1. The maximum atomic E-state index is 12.4. The van der Waals surface area contributed by atoms with Crippen LogP contribution in [0.2, 0.25) is 0 Å². The maximum absolute atomic E-state index is 12.4. The van der Waals surface area contributed by atoms with Gasteiger partial charge in [-0.25, -0.2) is 0 Å². The summed E-state index contributed by atoms with van der Waals surface area (Å²) < 4.78 is 1.14. The van der Waals surface area contributed by atoms with E-state index in [-0.39, 0.29) is 5.91 Å². The number of nitrogens with zero attached hydrogens (tertiary/aromatic N) is 1. The summed E-state index contributed by atoms with van der Waals surface area (Å²) >= 11 is 1.53. The van der Waals surface area contributed by atoms with Gasteiger partial charge in [0.05, 0.1) is 10.4 Å². The number of aromatic nitrogens is 1. The summed E-state index contributed by atoms with van der Waals surface area (Å²) in [6, 6.07) is 20.2. The highest BCUT2D eigenvalue weighted by atomic mass is 32.1. The molecular weight excluding hydrogens is 316 g/mol. The number of pyridine rings is 1. The molecule has 0 saturated carbocycles. The van der Waals surface area contributed by atoms with Gasteiger partial charge in [0.25, 0.3) is 5.91 Å². The Bertz CT molecular complexity index is 984. The van der Waals surface area contributed by atoms with Crippen molar-refractivity contribution in [1.82, 2.24) is 10.3 Å². The van der Waals surface area contributed by atoms with Gasteiger partial charge in [-0.15, -0.1) is 11.3 Å². The minimum atomic E-state index is -0.00982. The third kappa shape index (κ3) is 2.88. The second-order valence-corrected chi connectivity index (χ2v) is 6.73. The third-order valence-electron chi connectivity index (χ3n) is 4.05. The summed E-state index contributed by atoms with van der Waals surface area (Å²) in [5.74, 6) is -0.00982. The Morgan fingerprint density at radius 2 is 1.83 bits per heavy atom. The summed E-state index contributed by atoms with van der Waals surface area (Å²) in [5.41, 5.74) is 2.17. The van der Waals surface area contributed by atoms with Gasteiger partial charge in [-0.05, 0) is 35.6 Å². The van der Waals surface area contributed by atoms with Crippen molar-refractivity contribution in [3.05, 3.63) is 77.3 Å². The molecule has 1 N–H and O–H groups in total. The first kappa shape index (κ1) is 14.8. The van der Waals surface area contributed by atoms with E-state index in [2.05, 4.69) is 28.5 Å². The number of fused-ring (bicyclic) bond motifs is 2. The van der Waals surface area contributed by atoms with E-state index >= 15 is 0 Å². The van der Waals surface area contributed by atoms with Crippen LogP contribution < -0.4 is 5.32 Å². The van der Waals surface area contributed by atoms with Crippen molar-refractivity contribution in [2.45, 2.75) is 6.42 Å². The molecule has 2 aromatic heterocycles. The van der Waals surface area contributed by atoms with E-state index in [4.69, 9.17) is 0 Å². The average molecular weight is 332 g/mol. The normalized spacial score (nSPS) is 11.0. The predicted octanol–water partition coefficient (Wildman–Crippen LogP) is 4.42. The third-order valence-corrected chi connectivity index (χ3v) is 5.16. The molecule has 1 amide bonds. The van der Waals surface area contributed by atoms with Gasteiger partial charge in [-0.2, -0.15) is 0 Å². The van der Waals surface area contributed by atoms with Crippen LogP contribution in [0.15, 0.2) is 66.9 Å². The number of carbonyl (C=O) groups excluding carboxylic acids is 1. The topological polar surface area (TPSA) is 42.0 Å². The van der Waals surface area contributed by atoms with Gasteiger partial charge in [0.1, 0.15) is 0 Å². The zero-order valence-electron chi connectivity index (χ0n) is 13.0. The molecule has 0 radical (unpaired) electrons. The van der Waals surface area contributed by atoms with Crippen LogP contribution >= 0.6 is 11.3 Å². The van der Waals surface area contributed by atoms with E-state index in [0.29, 0.717) is 6.54 Å². The Morgan fingerprint density at radius 3 is 2.75 bits per heavy atom. The van der Waals surface area contributed by atoms with Crippen molar-refractivity contribution >= 4 is 38.2 Å². The summed E-state index contributed by atoms with van der Waals surface area (Å²) in [6.07, 6.45) is 2.58. The Labute approximate surface area is 144 Å². The standard InChI is InChI=1S/C20H16N2OS/c23-20(18-13-16-5-1-2-9-17(16)24-18)22-12-10-15-7-3-6-14-8-4-11-21-19(14)15/h1-9,11,13H,10,12H2,(H,22,23). The lowest BCUT2D eigenvalue weighted by molar-refractivity contribution is 0.0958. The fourth-order valence-corrected chi connectivity index (χ4v) is 3.84. The minimum Gasteiger partial charge on any atom is -0.351 e. The molecule has 4 rings (SSSR count). The summed E-state index contributed by atoms with van der Waals surface area (Å²) in [6.45, 7) is 0.600. The second-order valence-electron chi connectivity index (χ2n) is 5.65. The molecule has 4 heteroatoms. The first-order valence-electron chi connectivity index (χ1n) is 7.91. The van der Waals surface area contributed by atoms with Crippen molar-refractivity contribution in [1.29, 1.82) is 0 Å². The van der Waals surface area contributed by atoms with Crippen LogP contribution in [0, 0.1) is 0 Å². The molecule has 0 bridgehead atoms. The molecule has 4 aromatic rings. The quantitative estimate of drug-likeness (QED) is 0.601. The van der Waals surface area contributed by atoms with Crippen LogP contribution in [0.25, 0.3) is 21.0 Å². The lowest BCUT2D eigenvalue weighted by Gasteiger charge is -2.06. The van der Waals surface area contributed by atoms with E-state index in [9.17, 15) is 4.79 Å². The van der Waals surface area contributed by atoms with Crippen molar-refractivity contribution in [3.8, 4) is 0 Å².